The molecule has 2 rings (SSSR count). The normalized spacial score (nSPS) is 10.1. The molecule has 0 fully saturated rings. The van der Waals surface area contributed by atoms with E-state index in [1.54, 1.807) is 12.1 Å². The molecule has 0 heterocycles. The Hall–Kier alpha value is -3.75. The summed E-state index contributed by atoms with van der Waals surface area (Å²) in [4.78, 5) is 45.3. The Kier molecular flexibility index (Phi) is 6.80. The van der Waals surface area contributed by atoms with Crippen molar-refractivity contribution >= 4 is 29.2 Å². The third-order valence-corrected chi connectivity index (χ3v) is 3.84. The number of nitro benzene ring substituents is 1. The lowest BCUT2D eigenvalue weighted by molar-refractivity contribution is -0.385. The average Bonchev–Trinajstić information content (AvgIpc) is 2.66. The number of carbonyl (C=O) groups is 3. The van der Waals surface area contributed by atoms with Crippen LogP contribution >= 0.6 is 0 Å². The molecule has 0 saturated heterocycles. The first-order valence-corrected chi connectivity index (χ1v) is 8.32. The smallest absolute Gasteiger partial charge is 0.338 e. The second kappa shape index (κ2) is 9.26. The van der Waals surface area contributed by atoms with E-state index in [2.05, 4.69) is 10.6 Å². The van der Waals surface area contributed by atoms with Crippen LogP contribution in [0.5, 0.6) is 0 Å². The van der Waals surface area contributed by atoms with E-state index in [-0.39, 0.29) is 22.8 Å². The van der Waals surface area contributed by atoms with Crippen LogP contribution in [0.15, 0.2) is 42.5 Å². The van der Waals surface area contributed by atoms with Gasteiger partial charge in [-0.3, -0.25) is 19.7 Å². The van der Waals surface area contributed by atoms with Gasteiger partial charge in [0.15, 0.2) is 6.61 Å². The molecule has 0 spiro atoms. The van der Waals surface area contributed by atoms with E-state index in [1.807, 2.05) is 0 Å². The van der Waals surface area contributed by atoms with Crippen molar-refractivity contribution in [2.24, 2.45) is 0 Å². The van der Waals surface area contributed by atoms with Gasteiger partial charge in [-0.2, -0.15) is 0 Å². The van der Waals surface area contributed by atoms with Gasteiger partial charge in [-0.05, 0) is 30.7 Å². The molecule has 0 aliphatic carbocycles. The standard InChI is InChI=1S/C19H19N3O6/c1-12-16(4-3-5-17(12)22(26)27)21-18(24)11-28-19(25)15-8-6-14(7-9-15)10-20-13(2)23/h3-9H,10-11H2,1-2H3,(H,20,23)(H,21,24). The van der Waals surface area contributed by atoms with Gasteiger partial charge in [0.25, 0.3) is 11.6 Å². The van der Waals surface area contributed by atoms with Crippen LogP contribution in [-0.2, 0) is 20.9 Å². The summed E-state index contributed by atoms with van der Waals surface area (Å²) < 4.78 is 4.96. The van der Waals surface area contributed by atoms with Crippen LogP contribution in [0.1, 0.15) is 28.4 Å². The number of anilines is 1. The minimum atomic E-state index is -0.683. The minimum Gasteiger partial charge on any atom is -0.452 e. The van der Waals surface area contributed by atoms with Crippen LogP contribution in [0.4, 0.5) is 11.4 Å². The number of esters is 1. The number of rotatable bonds is 7. The fourth-order valence-corrected chi connectivity index (χ4v) is 2.34. The van der Waals surface area contributed by atoms with Crippen molar-refractivity contribution in [3.05, 3.63) is 69.3 Å². The van der Waals surface area contributed by atoms with Crippen LogP contribution in [-0.4, -0.2) is 29.3 Å². The monoisotopic (exact) mass is 385 g/mol. The molecular formula is C19H19N3O6. The number of hydrogen-bond donors (Lipinski definition) is 2. The predicted molar refractivity (Wildman–Crippen MR) is 101 cm³/mol. The molecule has 28 heavy (non-hydrogen) atoms. The Balaban J connectivity index is 1.90. The highest BCUT2D eigenvalue weighted by molar-refractivity contribution is 5.96. The lowest BCUT2D eigenvalue weighted by atomic mass is 10.1. The molecule has 0 unspecified atom stereocenters. The topological polar surface area (TPSA) is 128 Å². The summed E-state index contributed by atoms with van der Waals surface area (Å²) in [6, 6.07) is 10.7. The molecule has 0 atom stereocenters. The first-order chi connectivity index (χ1) is 13.3. The van der Waals surface area contributed by atoms with Crippen molar-refractivity contribution in [1.29, 1.82) is 0 Å². The van der Waals surface area contributed by atoms with Gasteiger partial charge in [-0.15, -0.1) is 0 Å². The maximum absolute atomic E-state index is 12.0. The summed E-state index contributed by atoms with van der Waals surface area (Å²) in [6.07, 6.45) is 0. The Morgan fingerprint density at radius 2 is 1.79 bits per heavy atom. The van der Waals surface area contributed by atoms with Crippen molar-refractivity contribution < 1.29 is 24.0 Å². The first-order valence-electron chi connectivity index (χ1n) is 8.32. The fraction of sp³-hybridized carbons (Fsp3) is 0.211. The van der Waals surface area contributed by atoms with Gasteiger partial charge in [0.2, 0.25) is 5.91 Å². The van der Waals surface area contributed by atoms with Crippen molar-refractivity contribution in [2.45, 2.75) is 20.4 Å². The zero-order valence-corrected chi connectivity index (χ0v) is 15.4. The van der Waals surface area contributed by atoms with Gasteiger partial charge >= 0.3 is 5.97 Å². The molecule has 0 saturated carbocycles. The molecule has 0 radical (unpaired) electrons. The number of nitro groups is 1. The highest BCUT2D eigenvalue weighted by Gasteiger charge is 2.16. The van der Waals surface area contributed by atoms with Gasteiger partial charge in [0.1, 0.15) is 0 Å². The molecule has 2 aromatic rings. The zero-order chi connectivity index (χ0) is 20.7. The Morgan fingerprint density at radius 3 is 2.39 bits per heavy atom. The number of ether oxygens (including phenoxy) is 1. The zero-order valence-electron chi connectivity index (χ0n) is 15.4. The summed E-state index contributed by atoms with van der Waals surface area (Å²) in [5.41, 5.74) is 1.53. The third kappa shape index (κ3) is 5.63. The number of benzene rings is 2. The molecule has 0 aliphatic rings. The Bertz CT molecular complexity index is 908. The third-order valence-electron chi connectivity index (χ3n) is 3.84. The highest BCUT2D eigenvalue weighted by Crippen LogP contribution is 2.24. The minimum absolute atomic E-state index is 0.117. The van der Waals surface area contributed by atoms with Crippen LogP contribution in [0.25, 0.3) is 0 Å². The van der Waals surface area contributed by atoms with Crippen LogP contribution in [0.3, 0.4) is 0 Å². The van der Waals surface area contributed by atoms with E-state index in [4.69, 9.17) is 4.74 Å². The fourth-order valence-electron chi connectivity index (χ4n) is 2.34. The molecule has 9 nitrogen and oxygen atoms in total. The first kappa shape index (κ1) is 20.6. The maximum Gasteiger partial charge on any atom is 0.338 e. The van der Waals surface area contributed by atoms with Crippen molar-refractivity contribution in [3.63, 3.8) is 0 Å². The molecule has 0 aliphatic heterocycles. The lowest BCUT2D eigenvalue weighted by Gasteiger charge is -2.09. The molecule has 0 bridgehead atoms. The van der Waals surface area contributed by atoms with E-state index in [1.165, 1.54) is 44.2 Å². The summed E-state index contributed by atoms with van der Waals surface area (Å²) in [7, 11) is 0. The molecular weight excluding hydrogens is 366 g/mol. The van der Waals surface area contributed by atoms with Gasteiger partial charge < -0.3 is 15.4 Å². The number of nitrogens with zero attached hydrogens (tertiary/aromatic N) is 1. The lowest BCUT2D eigenvalue weighted by Crippen LogP contribution is -2.21. The summed E-state index contributed by atoms with van der Waals surface area (Å²) >= 11 is 0. The van der Waals surface area contributed by atoms with Crippen LogP contribution < -0.4 is 10.6 Å². The van der Waals surface area contributed by atoms with Crippen LogP contribution in [0, 0.1) is 17.0 Å². The predicted octanol–water partition coefficient (Wildman–Crippen LogP) is 2.33. The number of amides is 2. The van der Waals surface area contributed by atoms with E-state index < -0.39 is 23.4 Å². The summed E-state index contributed by atoms with van der Waals surface area (Å²) in [5, 5.41) is 16.1. The summed E-state index contributed by atoms with van der Waals surface area (Å²) in [5.74, 6) is -1.45. The van der Waals surface area contributed by atoms with Gasteiger partial charge in [-0.1, -0.05) is 18.2 Å². The second-order valence-electron chi connectivity index (χ2n) is 5.94. The summed E-state index contributed by atoms with van der Waals surface area (Å²) in [6.45, 7) is 2.73. The molecule has 2 amide bonds. The Labute approximate surface area is 160 Å². The van der Waals surface area contributed by atoms with Gasteiger partial charge in [-0.25, -0.2) is 4.79 Å². The van der Waals surface area contributed by atoms with Gasteiger partial charge in [0, 0.05) is 19.5 Å². The second-order valence-corrected chi connectivity index (χ2v) is 5.94. The van der Waals surface area contributed by atoms with E-state index >= 15 is 0 Å². The number of carbonyl (C=O) groups excluding carboxylic acids is 3. The molecule has 146 valence electrons. The van der Waals surface area contributed by atoms with Gasteiger partial charge in [0.05, 0.1) is 21.7 Å². The largest absolute Gasteiger partial charge is 0.452 e. The van der Waals surface area contributed by atoms with Crippen molar-refractivity contribution in [3.8, 4) is 0 Å². The van der Waals surface area contributed by atoms with E-state index in [0.717, 1.165) is 5.56 Å². The van der Waals surface area contributed by atoms with E-state index in [9.17, 15) is 24.5 Å². The van der Waals surface area contributed by atoms with E-state index in [0.29, 0.717) is 12.1 Å². The molecule has 2 aromatic carbocycles. The molecule has 9 heteroatoms. The highest BCUT2D eigenvalue weighted by atomic mass is 16.6. The average molecular weight is 385 g/mol. The number of nitrogens with one attached hydrogen (secondary N) is 2. The van der Waals surface area contributed by atoms with Crippen LogP contribution in [0.2, 0.25) is 0 Å². The quantitative estimate of drug-likeness (QED) is 0.428. The van der Waals surface area contributed by atoms with Crippen molar-refractivity contribution in [2.75, 3.05) is 11.9 Å². The Morgan fingerprint density at radius 1 is 1.11 bits per heavy atom. The maximum atomic E-state index is 12.0. The van der Waals surface area contributed by atoms with Crippen molar-refractivity contribution in [1.82, 2.24) is 5.32 Å². The number of hydrogen-bond acceptors (Lipinski definition) is 6. The molecule has 0 aromatic heterocycles. The molecule has 2 N–H and O–H groups in total. The SMILES string of the molecule is CC(=O)NCc1ccc(C(=O)OCC(=O)Nc2cccc([N+](=O)[O-])c2C)cc1.